The van der Waals surface area contributed by atoms with E-state index in [1.165, 1.54) is 0 Å². The largest absolute Gasteiger partial charge is 0.368 e. The Morgan fingerprint density at radius 1 is 1.18 bits per heavy atom. The molecule has 1 amide bonds. The molecule has 6 nitrogen and oxygen atoms in total. The molecule has 1 saturated heterocycles. The van der Waals surface area contributed by atoms with Gasteiger partial charge in [0.15, 0.2) is 5.69 Å². The van der Waals surface area contributed by atoms with Crippen LogP contribution in [0.4, 0.5) is 5.69 Å². The van der Waals surface area contributed by atoms with Gasteiger partial charge in [0.05, 0.1) is 0 Å². The number of hydrogen-bond acceptors (Lipinski definition) is 5. The molecule has 116 valence electrons. The van der Waals surface area contributed by atoms with Gasteiger partial charge < -0.3 is 9.80 Å². The molecule has 1 aliphatic heterocycles. The lowest BCUT2D eigenvalue weighted by molar-refractivity contribution is 0.0735. The van der Waals surface area contributed by atoms with E-state index in [-0.39, 0.29) is 5.91 Å². The minimum atomic E-state index is -0.124. The summed E-state index contributed by atoms with van der Waals surface area (Å²) >= 11 is 6.18. The van der Waals surface area contributed by atoms with Crippen molar-refractivity contribution in [2.24, 2.45) is 0 Å². The molecule has 0 radical (unpaired) electrons. The second-order valence-electron chi connectivity index (χ2n) is 5.36. The number of halogens is 1. The van der Waals surface area contributed by atoms with Crippen molar-refractivity contribution in [3.63, 3.8) is 0 Å². The van der Waals surface area contributed by atoms with Gasteiger partial charge in [0, 0.05) is 36.9 Å². The van der Waals surface area contributed by atoms with Gasteiger partial charge >= 0.3 is 0 Å². The zero-order valence-corrected chi connectivity index (χ0v) is 13.3. The number of nitrogens with zero attached hydrogens (tertiary/aromatic N) is 4. The van der Waals surface area contributed by atoms with Crippen LogP contribution in [0.1, 0.15) is 21.7 Å². The zero-order chi connectivity index (χ0) is 15.7. The molecule has 2 aromatic rings. The van der Waals surface area contributed by atoms with E-state index in [4.69, 9.17) is 11.6 Å². The first-order valence-corrected chi connectivity index (χ1v) is 7.54. The molecule has 1 fully saturated rings. The van der Waals surface area contributed by atoms with Crippen molar-refractivity contribution in [2.75, 3.05) is 31.1 Å². The molecule has 2 heterocycles. The van der Waals surface area contributed by atoms with Crippen molar-refractivity contribution in [3.05, 3.63) is 40.2 Å². The van der Waals surface area contributed by atoms with E-state index in [0.717, 1.165) is 29.4 Å². The first-order chi connectivity index (χ1) is 10.6. The maximum absolute atomic E-state index is 12.4. The Labute approximate surface area is 133 Å². The summed E-state index contributed by atoms with van der Waals surface area (Å²) in [6.45, 7) is 6.53. The van der Waals surface area contributed by atoms with Crippen LogP contribution >= 0.6 is 11.6 Å². The third-order valence-electron chi connectivity index (χ3n) is 4.00. The first-order valence-electron chi connectivity index (χ1n) is 7.16. The lowest BCUT2D eigenvalue weighted by Crippen LogP contribution is -2.49. The van der Waals surface area contributed by atoms with Crippen molar-refractivity contribution in [1.29, 1.82) is 0 Å². The number of hydrogen-bond donors (Lipinski definition) is 0. The van der Waals surface area contributed by atoms with Crippen LogP contribution in [0.15, 0.2) is 22.8 Å². The summed E-state index contributed by atoms with van der Waals surface area (Å²) in [7, 11) is 0. The van der Waals surface area contributed by atoms with E-state index >= 15 is 0 Å². The van der Waals surface area contributed by atoms with Gasteiger partial charge in [-0.3, -0.25) is 4.79 Å². The second-order valence-corrected chi connectivity index (χ2v) is 5.77. The summed E-state index contributed by atoms with van der Waals surface area (Å²) in [6.07, 6.45) is 0. The Kier molecular flexibility index (Phi) is 4.02. The van der Waals surface area contributed by atoms with Gasteiger partial charge in [-0.2, -0.15) is 0 Å². The molecule has 0 atom stereocenters. The molecule has 0 aliphatic carbocycles. The van der Waals surface area contributed by atoms with E-state index in [1.807, 2.05) is 19.1 Å². The van der Waals surface area contributed by atoms with E-state index in [1.54, 1.807) is 11.8 Å². The van der Waals surface area contributed by atoms with Crippen LogP contribution in [0, 0.1) is 13.8 Å². The average Bonchev–Trinajstić information content (AvgIpc) is 2.96. The smallest absolute Gasteiger partial charge is 0.278 e. The van der Waals surface area contributed by atoms with Crippen molar-refractivity contribution in [3.8, 4) is 0 Å². The fraction of sp³-hybridized carbons (Fsp3) is 0.400. The van der Waals surface area contributed by atoms with Crippen molar-refractivity contribution < 1.29 is 9.42 Å². The Bertz CT molecular complexity index is 693. The fourth-order valence-electron chi connectivity index (χ4n) is 2.66. The average molecular weight is 321 g/mol. The molecule has 1 aliphatic rings. The molecule has 0 spiro atoms. The number of aryl methyl sites for hydroxylation is 1. The highest BCUT2D eigenvalue weighted by Crippen LogP contribution is 2.27. The predicted molar refractivity (Wildman–Crippen MR) is 83.3 cm³/mol. The molecular weight excluding hydrogens is 304 g/mol. The first kappa shape index (κ1) is 14.8. The summed E-state index contributed by atoms with van der Waals surface area (Å²) in [5.41, 5.74) is 3.02. The van der Waals surface area contributed by atoms with Gasteiger partial charge in [-0.1, -0.05) is 22.8 Å². The molecule has 7 heteroatoms. The predicted octanol–water partition coefficient (Wildman–Crippen LogP) is 2.30. The minimum Gasteiger partial charge on any atom is -0.368 e. The third-order valence-corrected chi connectivity index (χ3v) is 4.41. The summed E-state index contributed by atoms with van der Waals surface area (Å²) in [5.74, 6) is -0.124. The van der Waals surface area contributed by atoms with Crippen LogP contribution in [0.3, 0.4) is 0 Å². The monoisotopic (exact) mass is 320 g/mol. The third kappa shape index (κ3) is 2.66. The molecule has 0 bridgehead atoms. The van der Waals surface area contributed by atoms with Crippen molar-refractivity contribution in [2.45, 2.75) is 13.8 Å². The number of piperazine rings is 1. The number of carbonyl (C=O) groups excluding carboxylic acids is 1. The van der Waals surface area contributed by atoms with Gasteiger partial charge in [0.25, 0.3) is 5.91 Å². The minimum absolute atomic E-state index is 0.124. The Balaban J connectivity index is 1.69. The lowest BCUT2D eigenvalue weighted by Gasteiger charge is -2.36. The SMILES string of the molecule is Cc1nonc1C(=O)N1CCN(c2cccc(Cl)c2C)CC1. The highest BCUT2D eigenvalue weighted by atomic mass is 35.5. The fourth-order valence-corrected chi connectivity index (χ4v) is 2.83. The molecule has 1 aromatic heterocycles. The standard InChI is InChI=1S/C15H17ClN4O2/c1-10-12(16)4-3-5-13(10)19-6-8-20(9-7-19)15(21)14-11(2)17-22-18-14/h3-5H,6-9H2,1-2H3. The second kappa shape index (κ2) is 5.96. The summed E-state index contributed by atoms with van der Waals surface area (Å²) in [5, 5.41) is 8.11. The molecule has 0 N–H and O–H groups in total. The van der Waals surface area contributed by atoms with Crippen LogP contribution in [-0.4, -0.2) is 47.3 Å². The molecule has 3 rings (SSSR count). The van der Waals surface area contributed by atoms with E-state index < -0.39 is 0 Å². The van der Waals surface area contributed by atoms with Crippen LogP contribution < -0.4 is 4.90 Å². The van der Waals surface area contributed by atoms with Crippen molar-refractivity contribution >= 4 is 23.2 Å². The van der Waals surface area contributed by atoms with Gasteiger partial charge in [-0.25, -0.2) is 4.63 Å². The van der Waals surface area contributed by atoms with Crippen molar-refractivity contribution in [1.82, 2.24) is 15.2 Å². The zero-order valence-electron chi connectivity index (χ0n) is 12.5. The molecular formula is C15H17ClN4O2. The lowest BCUT2D eigenvalue weighted by atomic mass is 10.1. The molecule has 0 saturated carbocycles. The van der Waals surface area contributed by atoms with Gasteiger partial charge in [0.2, 0.25) is 0 Å². The number of rotatable bonds is 2. The number of carbonyl (C=O) groups is 1. The molecule has 22 heavy (non-hydrogen) atoms. The topological polar surface area (TPSA) is 62.5 Å². The van der Waals surface area contributed by atoms with Crippen LogP contribution in [0.5, 0.6) is 0 Å². The number of aromatic nitrogens is 2. The Morgan fingerprint density at radius 2 is 1.91 bits per heavy atom. The van der Waals surface area contributed by atoms with E-state index in [0.29, 0.717) is 24.5 Å². The highest BCUT2D eigenvalue weighted by Gasteiger charge is 2.26. The molecule has 0 unspecified atom stereocenters. The molecule has 1 aromatic carbocycles. The van der Waals surface area contributed by atoms with Crippen LogP contribution in [0.25, 0.3) is 0 Å². The highest BCUT2D eigenvalue weighted by molar-refractivity contribution is 6.31. The van der Waals surface area contributed by atoms with E-state index in [9.17, 15) is 4.79 Å². The summed E-state index contributed by atoms with van der Waals surface area (Å²) in [4.78, 5) is 16.4. The van der Waals surface area contributed by atoms with Gasteiger partial charge in [-0.05, 0) is 36.7 Å². The van der Waals surface area contributed by atoms with Gasteiger partial charge in [0.1, 0.15) is 5.69 Å². The van der Waals surface area contributed by atoms with Crippen LogP contribution in [-0.2, 0) is 0 Å². The maximum atomic E-state index is 12.4. The number of benzene rings is 1. The van der Waals surface area contributed by atoms with E-state index in [2.05, 4.69) is 25.9 Å². The maximum Gasteiger partial charge on any atom is 0.278 e. The van der Waals surface area contributed by atoms with Gasteiger partial charge in [-0.15, -0.1) is 0 Å². The Morgan fingerprint density at radius 3 is 2.55 bits per heavy atom. The quantitative estimate of drug-likeness (QED) is 0.849. The van der Waals surface area contributed by atoms with Crippen LogP contribution in [0.2, 0.25) is 5.02 Å². The number of anilines is 1. The summed E-state index contributed by atoms with van der Waals surface area (Å²) < 4.78 is 4.60. The Hall–Kier alpha value is -2.08. The summed E-state index contributed by atoms with van der Waals surface area (Å²) in [6, 6.07) is 5.90. The normalized spacial score (nSPS) is 15.2. The number of amides is 1.